The lowest BCUT2D eigenvalue weighted by molar-refractivity contribution is 0.669. The van der Waals surface area contributed by atoms with Gasteiger partial charge in [0, 0.05) is 27.5 Å². The molecule has 0 amide bonds. The number of aromatic nitrogens is 3. The van der Waals surface area contributed by atoms with Gasteiger partial charge in [0.05, 0.1) is 0 Å². The monoisotopic (exact) mass is 665 g/mol. The number of hydrogen-bond acceptors (Lipinski definition) is 4. The van der Waals surface area contributed by atoms with Crippen molar-refractivity contribution in [3.63, 3.8) is 0 Å². The molecule has 7 aromatic carbocycles. The second-order valence-corrected chi connectivity index (χ2v) is 13.2. The SMILES string of the molecule is C(=C1\Cc2ccc(-c3ccc4c(c3)oc3ccc(-c5nc(-c6ccccc6)nc(-c6ccccc6)n5)cc34)cc2-c2ccccc21)/c1ccccc1. The van der Waals surface area contributed by atoms with Gasteiger partial charge in [-0.3, -0.25) is 0 Å². The van der Waals surface area contributed by atoms with Gasteiger partial charge in [0.2, 0.25) is 0 Å². The van der Waals surface area contributed by atoms with Crippen LogP contribution in [0.25, 0.3) is 90.0 Å². The Kier molecular flexibility index (Phi) is 7.17. The highest BCUT2D eigenvalue weighted by Gasteiger charge is 2.21. The lowest BCUT2D eigenvalue weighted by Crippen LogP contribution is -2.03. The zero-order valence-electron chi connectivity index (χ0n) is 28.2. The summed E-state index contributed by atoms with van der Waals surface area (Å²) < 4.78 is 6.47. The Bertz CT molecular complexity index is 2740. The zero-order chi connectivity index (χ0) is 34.4. The molecule has 1 aliphatic carbocycles. The molecular formula is C48H31N3O. The maximum absolute atomic E-state index is 6.47. The summed E-state index contributed by atoms with van der Waals surface area (Å²) >= 11 is 0. The van der Waals surface area contributed by atoms with Crippen molar-refractivity contribution in [1.29, 1.82) is 0 Å². The highest BCUT2D eigenvalue weighted by molar-refractivity contribution is 6.07. The molecule has 0 bridgehead atoms. The van der Waals surface area contributed by atoms with Crippen LogP contribution in [0.4, 0.5) is 0 Å². The predicted molar refractivity (Wildman–Crippen MR) is 212 cm³/mol. The smallest absolute Gasteiger partial charge is 0.164 e. The Balaban J connectivity index is 1.03. The van der Waals surface area contributed by atoms with Gasteiger partial charge in [0.1, 0.15) is 11.2 Å². The molecule has 9 aromatic rings. The first-order valence-corrected chi connectivity index (χ1v) is 17.6. The molecule has 2 heterocycles. The van der Waals surface area contributed by atoms with Gasteiger partial charge in [-0.05, 0) is 87.3 Å². The van der Waals surface area contributed by atoms with E-state index < -0.39 is 0 Å². The van der Waals surface area contributed by atoms with Crippen LogP contribution in [0.3, 0.4) is 0 Å². The average Bonchev–Trinajstić information content (AvgIpc) is 3.59. The van der Waals surface area contributed by atoms with E-state index in [0.29, 0.717) is 17.5 Å². The van der Waals surface area contributed by atoms with Gasteiger partial charge in [0.25, 0.3) is 0 Å². The molecule has 0 fully saturated rings. The Hall–Kier alpha value is -6.91. The summed E-state index contributed by atoms with van der Waals surface area (Å²) in [5, 5.41) is 2.08. The van der Waals surface area contributed by atoms with E-state index >= 15 is 0 Å². The number of rotatable bonds is 5. The van der Waals surface area contributed by atoms with E-state index in [0.717, 1.165) is 50.6 Å². The summed E-state index contributed by atoms with van der Waals surface area (Å²) in [6.07, 6.45) is 3.22. The fourth-order valence-electron chi connectivity index (χ4n) is 7.37. The topological polar surface area (TPSA) is 51.8 Å². The number of nitrogens with zero attached hydrogens (tertiary/aromatic N) is 3. The van der Waals surface area contributed by atoms with Gasteiger partial charge in [-0.2, -0.15) is 0 Å². The largest absolute Gasteiger partial charge is 0.456 e. The summed E-state index contributed by atoms with van der Waals surface area (Å²) in [5.74, 6) is 1.90. The predicted octanol–water partition coefficient (Wildman–Crippen LogP) is 12.2. The molecule has 10 rings (SSSR count). The van der Waals surface area contributed by atoms with Crippen molar-refractivity contribution in [2.24, 2.45) is 0 Å². The van der Waals surface area contributed by atoms with Crippen LogP contribution in [0.5, 0.6) is 0 Å². The summed E-state index contributed by atoms with van der Waals surface area (Å²) in [5.41, 5.74) is 14.5. The highest BCUT2D eigenvalue weighted by atomic mass is 16.3. The van der Waals surface area contributed by atoms with Crippen molar-refractivity contribution in [2.75, 3.05) is 0 Å². The normalized spacial score (nSPS) is 13.0. The summed E-state index contributed by atoms with van der Waals surface area (Å²) in [7, 11) is 0. The van der Waals surface area contributed by atoms with Gasteiger partial charge < -0.3 is 4.42 Å². The maximum atomic E-state index is 6.47. The van der Waals surface area contributed by atoms with E-state index in [-0.39, 0.29) is 0 Å². The van der Waals surface area contributed by atoms with Gasteiger partial charge in [0.15, 0.2) is 17.5 Å². The number of benzene rings is 7. The van der Waals surface area contributed by atoms with Crippen LogP contribution in [0.1, 0.15) is 16.7 Å². The van der Waals surface area contributed by atoms with E-state index in [2.05, 4.69) is 103 Å². The molecule has 0 N–H and O–H groups in total. The van der Waals surface area contributed by atoms with E-state index in [9.17, 15) is 0 Å². The molecule has 0 saturated carbocycles. The molecule has 4 heteroatoms. The van der Waals surface area contributed by atoms with Crippen LogP contribution in [-0.4, -0.2) is 15.0 Å². The molecule has 244 valence electrons. The Labute approximate surface area is 301 Å². The molecule has 0 unspecified atom stereocenters. The molecule has 0 spiro atoms. The van der Waals surface area contributed by atoms with Gasteiger partial charge in [-0.1, -0.05) is 140 Å². The molecule has 0 aliphatic heterocycles. The molecule has 0 saturated heterocycles. The summed E-state index contributed by atoms with van der Waals surface area (Å²) in [4.78, 5) is 14.7. The summed E-state index contributed by atoms with van der Waals surface area (Å²) in [6, 6.07) is 59.1. The second kappa shape index (κ2) is 12.4. The van der Waals surface area contributed by atoms with Gasteiger partial charge >= 0.3 is 0 Å². The third-order valence-electron chi connectivity index (χ3n) is 9.96. The minimum absolute atomic E-state index is 0.622. The minimum Gasteiger partial charge on any atom is -0.456 e. The van der Waals surface area contributed by atoms with Crippen molar-refractivity contribution in [2.45, 2.75) is 6.42 Å². The van der Waals surface area contributed by atoms with Crippen molar-refractivity contribution in [3.8, 4) is 56.4 Å². The Morgan fingerprint density at radius 3 is 1.69 bits per heavy atom. The van der Waals surface area contributed by atoms with Crippen LogP contribution in [0.15, 0.2) is 174 Å². The molecule has 52 heavy (non-hydrogen) atoms. The Morgan fingerprint density at radius 2 is 0.981 bits per heavy atom. The van der Waals surface area contributed by atoms with Crippen LogP contribution in [0, 0.1) is 0 Å². The number of fused-ring (bicyclic) bond motifs is 6. The lowest BCUT2D eigenvalue weighted by atomic mass is 9.80. The second-order valence-electron chi connectivity index (χ2n) is 13.2. The molecule has 1 aliphatic rings. The van der Waals surface area contributed by atoms with Gasteiger partial charge in [-0.25, -0.2) is 15.0 Å². The van der Waals surface area contributed by atoms with Crippen molar-refractivity contribution in [1.82, 2.24) is 15.0 Å². The van der Waals surface area contributed by atoms with Crippen LogP contribution >= 0.6 is 0 Å². The molecule has 4 nitrogen and oxygen atoms in total. The van der Waals surface area contributed by atoms with E-state index in [1.807, 2.05) is 72.8 Å². The van der Waals surface area contributed by atoms with Crippen LogP contribution < -0.4 is 0 Å². The van der Waals surface area contributed by atoms with E-state index in [4.69, 9.17) is 19.4 Å². The maximum Gasteiger partial charge on any atom is 0.164 e. The third kappa shape index (κ3) is 5.38. The first-order valence-electron chi connectivity index (χ1n) is 17.6. The van der Waals surface area contributed by atoms with E-state index in [1.54, 1.807) is 0 Å². The molecule has 2 aromatic heterocycles. The number of hydrogen-bond donors (Lipinski definition) is 0. The van der Waals surface area contributed by atoms with E-state index in [1.165, 1.54) is 39.0 Å². The third-order valence-corrected chi connectivity index (χ3v) is 9.96. The first-order chi connectivity index (χ1) is 25.7. The average molecular weight is 666 g/mol. The van der Waals surface area contributed by atoms with Crippen molar-refractivity contribution < 1.29 is 4.42 Å². The number of allylic oxidation sites excluding steroid dienone is 1. The van der Waals surface area contributed by atoms with Crippen molar-refractivity contribution >= 4 is 33.6 Å². The molecular weight excluding hydrogens is 635 g/mol. The minimum atomic E-state index is 0.622. The zero-order valence-corrected chi connectivity index (χ0v) is 28.2. The molecule has 0 radical (unpaired) electrons. The molecule has 0 atom stereocenters. The fraction of sp³-hybridized carbons (Fsp3) is 0.0208. The lowest BCUT2D eigenvalue weighted by Gasteiger charge is -2.23. The first kappa shape index (κ1) is 30.0. The standard InChI is InChI=1S/C48H31N3O/c1-4-12-31(13-5-1)26-38-27-36-21-20-34(28-42(36)40-19-11-10-18-39(38)40)35-22-24-41-43-29-37(23-25-44(43)52-45(41)30-35)48-50-46(32-14-6-2-7-15-32)49-47(51-48)33-16-8-3-9-17-33/h1-26,28-30H,27H2/b38-26-. The Morgan fingerprint density at radius 1 is 0.404 bits per heavy atom. The fourth-order valence-corrected chi connectivity index (χ4v) is 7.37. The number of furan rings is 1. The van der Waals surface area contributed by atoms with Gasteiger partial charge in [-0.15, -0.1) is 0 Å². The highest BCUT2D eigenvalue weighted by Crippen LogP contribution is 2.42. The van der Waals surface area contributed by atoms with Crippen molar-refractivity contribution in [3.05, 3.63) is 187 Å². The summed E-state index contributed by atoms with van der Waals surface area (Å²) in [6.45, 7) is 0. The van der Waals surface area contributed by atoms with Crippen LogP contribution in [-0.2, 0) is 6.42 Å². The quantitative estimate of drug-likeness (QED) is 0.184. The van der Waals surface area contributed by atoms with Crippen LogP contribution in [0.2, 0.25) is 0 Å².